The van der Waals surface area contributed by atoms with Crippen LogP contribution in [0.15, 0.2) is 121 Å². The van der Waals surface area contributed by atoms with Crippen LogP contribution in [-0.2, 0) is 0 Å². The molecule has 0 N–H and O–H groups in total. The van der Waals surface area contributed by atoms with Gasteiger partial charge in [-0.15, -0.1) is 0 Å². The van der Waals surface area contributed by atoms with Crippen LogP contribution in [0.4, 0.5) is 0 Å². The standard InChI is InChI=1S/C30H20N2/c1-4-11-21(12-5-1)27-25-18-19-26-24(17-10-20-31-26)30(25)32-29(23-15-8-3-9-16-23)28(27)22-13-6-2-7-14-22/h1-20H. The third-order valence-corrected chi connectivity index (χ3v) is 5.91. The maximum atomic E-state index is 5.30. The second-order valence-corrected chi connectivity index (χ2v) is 7.84. The summed E-state index contributed by atoms with van der Waals surface area (Å²) in [5.41, 5.74) is 8.71. The molecule has 0 saturated carbocycles. The molecule has 0 fully saturated rings. The summed E-state index contributed by atoms with van der Waals surface area (Å²) in [4.78, 5) is 9.87. The van der Waals surface area contributed by atoms with E-state index < -0.39 is 0 Å². The third-order valence-electron chi connectivity index (χ3n) is 5.91. The molecule has 2 heteroatoms. The molecule has 2 aromatic heterocycles. The lowest BCUT2D eigenvalue weighted by atomic mass is 9.87. The van der Waals surface area contributed by atoms with Crippen LogP contribution in [0, 0.1) is 0 Å². The molecule has 0 bridgehead atoms. The lowest BCUT2D eigenvalue weighted by Crippen LogP contribution is -1.97. The summed E-state index contributed by atoms with van der Waals surface area (Å²) in [6.07, 6.45) is 1.84. The Hall–Kier alpha value is -4.30. The topological polar surface area (TPSA) is 25.8 Å². The van der Waals surface area contributed by atoms with Crippen molar-refractivity contribution >= 4 is 21.8 Å². The highest BCUT2D eigenvalue weighted by Gasteiger charge is 2.20. The Balaban J connectivity index is 1.86. The Labute approximate surface area is 186 Å². The predicted molar refractivity (Wildman–Crippen MR) is 133 cm³/mol. The van der Waals surface area contributed by atoms with Gasteiger partial charge in [0.15, 0.2) is 0 Å². The van der Waals surface area contributed by atoms with E-state index in [9.17, 15) is 0 Å². The first kappa shape index (κ1) is 18.5. The molecule has 2 heterocycles. The minimum Gasteiger partial charge on any atom is -0.256 e. The molecular weight excluding hydrogens is 388 g/mol. The number of aromatic nitrogens is 2. The maximum Gasteiger partial charge on any atom is 0.0810 e. The zero-order valence-electron chi connectivity index (χ0n) is 17.4. The number of fused-ring (bicyclic) bond motifs is 3. The van der Waals surface area contributed by atoms with Gasteiger partial charge in [0.2, 0.25) is 0 Å². The molecule has 4 aromatic carbocycles. The van der Waals surface area contributed by atoms with E-state index in [1.165, 1.54) is 11.1 Å². The molecule has 0 aliphatic rings. The zero-order chi connectivity index (χ0) is 21.3. The number of rotatable bonds is 3. The van der Waals surface area contributed by atoms with Crippen molar-refractivity contribution < 1.29 is 0 Å². The molecule has 150 valence electrons. The first-order chi connectivity index (χ1) is 15.9. The van der Waals surface area contributed by atoms with E-state index in [2.05, 4.69) is 108 Å². The summed E-state index contributed by atoms with van der Waals surface area (Å²) in [5.74, 6) is 0. The van der Waals surface area contributed by atoms with Crippen molar-refractivity contribution in [3.8, 4) is 33.5 Å². The molecule has 6 rings (SSSR count). The van der Waals surface area contributed by atoms with E-state index in [-0.39, 0.29) is 0 Å². The molecule has 0 amide bonds. The van der Waals surface area contributed by atoms with E-state index in [1.807, 2.05) is 18.3 Å². The molecule has 0 saturated heterocycles. The van der Waals surface area contributed by atoms with Crippen molar-refractivity contribution in [3.05, 3.63) is 121 Å². The average Bonchev–Trinajstić information content (AvgIpc) is 2.89. The van der Waals surface area contributed by atoms with Crippen LogP contribution in [0.3, 0.4) is 0 Å². The largest absolute Gasteiger partial charge is 0.256 e. The fourth-order valence-corrected chi connectivity index (χ4v) is 4.48. The normalized spacial score (nSPS) is 11.1. The summed E-state index contributed by atoms with van der Waals surface area (Å²) in [5, 5.41) is 2.20. The van der Waals surface area contributed by atoms with Crippen LogP contribution in [0.25, 0.3) is 55.3 Å². The quantitative estimate of drug-likeness (QED) is 0.279. The lowest BCUT2D eigenvalue weighted by Gasteiger charge is -2.19. The van der Waals surface area contributed by atoms with Gasteiger partial charge >= 0.3 is 0 Å². The molecule has 2 nitrogen and oxygen atoms in total. The number of hydrogen-bond acceptors (Lipinski definition) is 2. The number of hydrogen-bond donors (Lipinski definition) is 0. The van der Waals surface area contributed by atoms with E-state index >= 15 is 0 Å². The van der Waals surface area contributed by atoms with Gasteiger partial charge in [0.1, 0.15) is 0 Å². The number of pyridine rings is 2. The van der Waals surface area contributed by atoms with Crippen molar-refractivity contribution in [1.82, 2.24) is 9.97 Å². The molecule has 0 radical (unpaired) electrons. The Bertz CT molecular complexity index is 1540. The highest BCUT2D eigenvalue weighted by Crippen LogP contribution is 2.44. The van der Waals surface area contributed by atoms with Gasteiger partial charge in [-0.25, -0.2) is 4.98 Å². The van der Waals surface area contributed by atoms with Gasteiger partial charge < -0.3 is 0 Å². The number of nitrogens with zero attached hydrogens (tertiary/aromatic N) is 2. The maximum absolute atomic E-state index is 5.30. The summed E-state index contributed by atoms with van der Waals surface area (Å²) in [7, 11) is 0. The van der Waals surface area contributed by atoms with Gasteiger partial charge in [0.25, 0.3) is 0 Å². The van der Waals surface area contributed by atoms with Gasteiger partial charge in [-0.1, -0.05) is 91.0 Å². The van der Waals surface area contributed by atoms with Crippen LogP contribution in [0.5, 0.6) is 0 Å². The Kier molecular flexibility index (Phi) is 4.47. The molecule has 32 heavy (non-hydrogen) atoms. The van der Waals surface area contributed by atoms with Gasteiger partial charge in [-0.3, -0.25) is 4.98 Å². The summed E-state index contributed by atoms with van der Waals surface area (Å²) >= 11 is 0. The zero-order valence-corrected chi connectivity index (χ0v) is 17.4. The number of benzene rings is 4. The highest BCUT2D eigenvalue weighted by molar-refractivity contribution is 6.14. The van der Waals surface area contributed by atoms with Crippen molar-refractivity contribution in [1.29, 1.82) is 0 Å². The Morgan fingerprint density at radius 3 is 1.69 bits per heavy atom. The Morgan fingerprint density at radius 2 is 1.03 bits per heavy atom. The summed E-state index contributed by atoms with van der Waals surface area (Å²) in [6, 6.07) is 40.0. The van der Waals surface area contributed by atoms with E-state index in [1.54, 1.807) is 0 Å². The molecule has 0 aliphatic carbocycles. The van der Waals surface area contributed by atoms with Crippen molar-refractivity contribution in [2.45, 2.75) is 0 Å². The van der Waals surface area contributed by atoms with Crippen molar-refractivity contribution in [2.24, 2.45) is 0 Å². The minimum absolute atomic E-state index is 0.956. The predicted octanol–water partition coefficient (Wildman–Crippen LogP) is 7.78. The first-order valence-electron chi connectivity index (χ1n) is 10.8. The third kappa shape index (κ3) is 3.05. The fourth-order valence-electron chi connectivity index (χ4n) is 4.48. The molecule has 0 spiro atoms. The van der Waals surface area contributed by atoms with E-state index in [0.29, 0.717) is 0 Å². The molecule has 0 unspecified atom stereocenters. The van der Waals surface area contributed by atoms with Crippen LogP contribution in [0.1, 0.15) is 0 Å². The van der Waals surface area contributed by atoms with E-state index in [0.717, 1.165) is 44.2 Å². The van der Waals surface area contributed by atoms with Crippen LogP contribution < -0.4 is 0 Å². The van der Waals surface area contributed by atoms with Crippen molar-refractivity contribution in [3.63, 3.8) is 0 Å². The molecule has 0 aliphatic heterocycles. The van der Waals surface area contributed by atoms with Crippen LogP contribution >= 0.6 is 0 Å². The fraction of sp³-hybridized carbons (Fsp3) is 0. The molecular formula is C30H20N2. The van der Waals surface area contributed by atoms with Crippen molar-refractivity contribution in [2.75, 3.05) is 0 Å². The van der Waals surface area contributed by atoms with Gasteiger partial charge in [0.05, 0.1) is 16.7 Å². The van der Waals surface area contributed by atoms with Gasteiger partial charge in [-0.2, -0.15) is 0 Å². The van der Waals surface area contributed by atoms with E-state index in [4.69, 9.17) is 4.98 Å². The van der Waals surface area contributed by atoms with Crippen LogP contribution in [0.2, 0.25) is 0 Å². The first-order valence-corrected chi connectivity index (χ1v) is 10.8. The second kappa shape index (κ2) is 7.75. The smallest absolute Gasteiger partial charge is 0.0810 e. The SMILES string of the molecule is c1ccc(-c2nc3c(ccc4ncccc43)c(-c3ccccc3)c2-c2ccccc2)cc1. The van der Waals surface area contributed by atoms with Crippen LogP contribution in [-0.4, -0.2) is 9.97 Å². The monoisotopic (exact) mass is 408 g/mol. The highest BCUT2D eigenvalue weighted by atomic mass is 14.7. The Morgan fingerprint density at radius 1 is 0.438 bits per heavy atom. The average molecular weight is 409 g/mol. The second-order valence-electron chi connectivity index (χ2n) is 7.84. The molecule has 6 aromatic rings. The summed E-state index contributed by atoms with van der Waals surface area (Å²) in [6.45, 7) is 0. The minimum atomic E-state index is 0.956. The lowest BCUT2D eigenvalue weighted by molar-refractivity contribution is 1.38. The summed E-state index contributed by atoms with van der Waals surface area (Å²) < 4.78 is 0. The van der Waals surface area contributed by atoms with Gasteiger partial charge in [-0.05, 0) is 35.4 Å². The molecule has 0 atom stereocenters. The van der Waals surface area contributed by atoms with Gasteiger partial charge in [0, 0.05) is 33.7 Å².